The summed E-state index contributed by atoms with van der Waals surface area (Å²) in [5.41, 5.74) is 1.49. The van der Waals surface area contributed by atoms with Crippen molar-refractivity contribution in [3.8, 4) is 11.5 Å². The molecule has 0 saturated heterocycles. The number of benzene rings is 2. The molecule has 0 amide bonds. The zero-order valence-corrected chi connectivity index (χ0v) is 15.9. The van der Waals surface area contributed by atoms with Crippen molar-refractivity contribution in [2.45, 2.75) is 36.9 Å². The first-order chi connectivity index (χ1) is 11.6. The Balaban J connectivity index is 2.05. The summed E-state index contributed by atoms with van der Waals surface area (Å²) >= 11 is 12.1. The molecule has 0 aliphatic heterocycles. The fourth-order valence-corrected chi connectivity index (χ4v) is 2.53. The Labute approximate surface area is 157 Å². The van der Waals surface area contributed by atoms with Crippen LogP contribution in [0, 0.1) is 0 Å². The van der Waals surface area contributed by atoms with Crippen molar-refractivity contribution in [3.05, 3.63) is 59.7 Å². The lowest BCUT2D eigenvalue weighted by atomic mass is 10.0. The maximum Gasteiger partial charge on any atom is 0.183 e. The van der Waals surface area contributed by atoms with E-state index in [0.717, 1.165) is 11.8 Å². The quantitative estimate of drug-likeness (QED) is 0.367. The molecule has 5 heteroatoms. The maximum atomic E-state index is 12.1. The van der Waals surface area contributed by atoms with Crippen molar-refractivity contribution in [2.24, 2.45) is 0 Å². The molecule has 0 radical (unpaired) electrons. The van der Waals surface area contributed by atoms with Crippen LogP contribution in [0.25, 0.3) is 0 Å². The number of hydrogen-bond donors (Lipinski definition) is 0. The molecule has 0 bridgehead atoms. The SMILES string of the molecule is CC(Cl)(C=O)Cc1ccc(Oc2ccc(C(=O)C(C)(C)Cl)cc2)cc1. The first kappa shape index (κ1) is 19.5. The highest BCUT2D eigenvalue weighted by molar-refractivity contribution is 6.37. The van der Waals surface area contributed by atoms with Crippen LogP contribution in [0.4, 0.5) is 0 Å². The van der Waals surface area contributed by atoms with Crippen molar-refractivity contribution in [1.29, 1.82) is 0 Å². The number of ether oxygens (including phenoxy) is 1. The molecule has 132 valence electrons. The largest absolute Gasteiger partial charge is 0.457 e. The van der Waals surface area contributed by atoms with Crippen molar-refractivity contribution < 1.29 is 14.3 Å². The third-order valence-corrected chi connectivity index (χ3v) is 4.01. The fraction of sp³-hybridized carbons (Fsp3) is 0.300. The van der Waals surface area contributed by atoms with E-state index in [-0.39, 0.29) is 5.78 Å². The van der Waals surface area contributed by atoms with Crippen LogP contribution in [0.2, 0.25) is 0 Å². The van der Waals surface area contributed by atoms with Crippen LogP contribution in [0.5, 0.6) is 11.5 Å². The molecular formula is C20H20Cl2O3. The van der Waals surface area contributed by atoms with Crippen LogP contribution in [0.15, 0.2) is 48.5 Å². The van der Waals surface area contributed by atoms with Crippen LogP contribution in [0.1, 0.15) is 36.7 Å². The molecule has 1 atom stereocenters. The Morgan fingerprint density at radius 2 is 1.44 bits per heavy atom. The number of ketones is 1. The van der Waals surface area contributed by atoms with Crippen molar-refractivity contribution in [3.63, 3.8) is 0 Å². The Bertz CT molecular complexity index is 742. The highest BCUT2D eigenvalue weighted by atomic mass is 35.5. The van der Waals surface area contributed by atoms with Gasteiger partial charge in [0, 0.05) is 5.56 Å². The van der Waals surface area contributed by atoms with Crippen LogP contribution < -0.4 is 4.74 Å². The van der Waals surface area contributed by atoms with Crippen LogP contribution >= 0.6 is 23.2 Å². The molecule has 0 heterocycles. The standard InChI is InChI=1S/C20H20Cl2O3/c1-19(2,21)18(24)15-6-10-17(11-7-15)25-16-8-4-14(5-9-16)12-20(3,22)13-23/h4-11,13H,12H2,1-3H3. The predicted octanol–water partition coefficient (Wildman–Crippen LogP) is 5.42. The molecule has 0 N–H and O–H groups in total. The van der Waals surface area contributed by atoms with Gasteiger partial charge in [-0.15, -0.1) is 23.2 Å². The summed E-state index contributed by atoms with van der Waals surface area (Å²) in [6.07, 6.45) is 1.19. The molecule has 2 rings (SSSR count). The van der Waals surface area contributed by atoms with Gasteiger partial charge >= 0.3 is 0 Å². The van der Waals surface area contributed by atoms with Crippen LogP contribution in [-0.4, -0.2) is 21.8 Å². The molecule has 3 nitrogen and oxygen atoms in total. The van der Waals surface area contributed by atoms with Gasteiger partial charge in [-0.25, -0.2) is 0 Å². The Hall–Kier alpha value is -1.84. The van der Waals surface area contributed by atoms with E-state index in [1.54, 1.807) is 45.0 Å². The van der Waals surface area contributed by atoms with E-state index in [0.29, 0.717) is 23.5 Å². The van der Waals surface area contributed by atoms with E-state index in [1.165, 1.54) is 0 Å². The minimum absolute atomic E-state index is 0.135. The molecule has 0 saturated carbocycles. The van der Waals surface area contributed by atoms with Gasteiger partial charge in [0.25, 0.3) is 0 Å². The van der Waals surface area contributed by atoms with E-state index in [9.17, 15) is 9.59 Å². The number of Topliss-reactive ketones (excluding diaryl/α,β-unsaturated/α-hetero) is 1. The van der Waals surface area contributed by atoms with Gasteiger partial charge in [0.2, 0.25) is 0 Å². The van der Waals surface area contributed by atoms with Crippen LogP contribution in [-0.2, 0) is 11.2 Å². The van der Waals surface area contributed by atoms with Gasteiger partial charge in [-0.2, -0.15) is 0 Å². The summed E-state index contributed by atoms with van der Waals surface area (Å²) in [6.45, 7) is 5.01. The molecular weight excluding hydrogens is 359 g/mol. The van der Waals surface area contributed by atoms with Crippen molar-refractivity contribution >= 4 is 35.3 Å². The second-order valence-electron chi connectivity index (χ2n) is 6.64. The van der Waals surface area contributed by atoms with Crippen LogP contribution in [0.3, 0.4) is 0 Å². The first-order valence-electron chi connectivity index (χ1n) is 7.86. The topological polar surface area (TPSA) is 43.4 Å². The summed E-state index contributed by atoms with van der Waals surface area (Å²) in [7, 11) is 0. The Morgan fingerprint density at radius 1 is 0.960 bits per heavy atom. The van der Waals surface area contributed by atoms with Gasteiger partial charge in [-0.1, -0.05) is 12.1 Å². The Kier molecular flexibility index (Phi) is 5.91. The van der Waals surface area contributed by atoms with E-state index in [4.69, 9.17) is 27.9 Å². The second kappa shape index (κ2) is 7.59. The lowest BCUT2D eigenvalue weighted by molar-refractivity contribution is -0.109. The average molecular weight is 379 g/mol. The highest BCUT2D eigenvalue weighted by Crippen LogP contribution is 2.26. The number of aldehydes is 1. The van der Waals surface area contributed by atoms with Gasteiger partial charge in [0.05, 0.1) is 0 Å². The van der Waals surface area contributed by atoms with Gasteiger partial charge in [0.1, 0.15) is 27.5 Å². The summed E-state index contributed by atoms with van der Waals surface area (Å²) in [5.74, 6) is 1.14. The summed E-state index contributed by atoms with van der Waals surface area (Å²) < 4.78 is 5.76. The second-order valence-corrected chi connectivity index (χ2v) is 8.45. The van der Waals surface area contributed by atoms with E-state index in [1.807, 2.05) is 24.3 Å². The molecule has 25 heavy (non-hydrogen) atoms. The smallest absolute Gasteiger partial charge is 0.183 e. The summed E-state index contributed by atoms with van der Waals surface area (Å²) in [5, 5.41) is 0. The lowest BCUT2D eigenvalue weighted by Crippen LogP contribution is -2.24. The molecule has 1 unspecified atom stereocenters. The molecule has 0 fully saturated rings. The Morgan fingerprint density at radius 3 is 1.88 bits per heavy atom. The fourth-order valence-electron chi connectivity index (χ4n) is 2.27. The number of alkyl halides is 2. The highest BCUT2D eigenvalue weighted by Gasteiger charge is 2.25. The third-order valence-electron chi connectivity index (χ3n) is 3.61. The van der Waals surface area contributed by atoms with Crippen molar-refractivity contribution in [2.75, 3.05) is 0 Å². The lowest BCUT2D eigenvalue weighted by Gasteiger charge is -2.15. The number of carbonyl (C=O) groups is 2. The normalized spacial score (nSPS) is 13.8. The zero-order valence-electron chi connectivity index (χ0n) is 14.4. The maximum absolute atomic E-state index is 12.1. The molecule has 0 aliphatic carbocycles. The zero-order chi connectivity index (χ0) is 18.7. The minimum Gasteiger partial charge on any atom is -0.457 e. The number of carbonyl (C=O) groups excluding carboxylic acids is 2. The van der Waals surface area contributed by atoms with Gasteiger partial charge < -0.3 is 9.53 Å². The van der Waals surface area contributed by atoms with E-state index in [2.05, 4.69) is 0 Å². The van der Waals surface area contributed by atoms with E-state index >= 15 is 0 Å². The number of halogens is 2. The monoisotopic (exact) mass is 378 g/mol. The van der Waals surface area contributed by atoms with Gasteiger partial charge in [-0.05, 0) is 69.2 Å². The molecule has 2 aromatic carbocycles. The van der Waals surface area contributed by atoms with E-state index < -0.39 is 9.75 Å². The minimum atomic E-state index is -0.934. The third kappa shape index (κ3) is 5.58. The van der Waals surface area contributed by atoms with Crippen molar-refractivity contribution in [1.82, 2.24) is 0 Å². The molecule has 0 aliphatic rings. The van der Waals surface area contributed by atoms with Gasteiger partial charge in [-0.3, -0.25) is 4.79 Å². The summed E-state index contributed by atoms with van der Waals surface area (Å²) in [6, 6.07) is 14.2. The van der Waals surface area contributed by atoms with Gasteiger partial charge in [0.15, 0.2) is 5.78 Å². The molecule has 0 aromatic heterocycles. The molecule has 2 aromatic rings. The molecule has 0 spiro atoms. The number of rotatable bonds is 7. The first-order valence-corrected chi connectivity index (χ1v) is 8.62. The average Bonchev–Trinajstić information content (AvgIpc) is 2.56. The summed E-state index contributed by atoms with van der Waals surface area (Å²) in [4.78, 5) is 21.2. The predicted molar refractivity (Wildman–Crippen MR) is 101 cm³/mol. The number of hydrogen-bond acceptors (Lipinski definition) is 3.